The Bertz CT molecular complexity index is 893. The molecule has 0 spiro atoms. The highest BCUT2D eigenvalue weighted by molar-refractivity contribution is 5.95. The summed E-state index contributed by atoms with van der Waals surface area (Å²) in [5.41, 5.74) is 6.02. The van der Waals surface area contributed by atoms with E-state index in [4.69, 9.17) is 24.7 Å². The molecule has 0 aliphatic heterocycles. The van der Waals surface area contributed by atoms with Crippen molar-refractivity contribution in [2.24, 2.45) is 5.73 Å². The molecule has 0 radical (unpaired) electrons. The number of amides is 2. The van der Waals surface area contributed by atoms with Gasteiger partial charge in [0.05, 0.1) is 21.3 Å². The van der Waals surface area contributed by atoms with Crippen molar-refractivity contribution in [3.8, 4) is 23.0 Å². The van der Waals surface area contributed by atoms with Crippen LogP contribution in [0, 0.1) is 5.82 Å². The quantitative estimate of drug-likeness (QED) is 0.633. The zero-order valence-electron chi connectivity index (χ0n) is 17.4. The summed E-state index contributed by atoms with van der Waals surface area (Å²) in [5.74, 6) is -0.756. The summed E-state index contributed by atoms with van der Waals surface area (Å²) in [6, 6.07) is 7.51. The SMILES string of the molecule is CCN(Cc1ccc(OC)c(F)c1)C(=O)c1cc(OC)c(OCC(N)=O)c(OC)c1. The van der Waals surface area contributed by atoms with E-state index in [-0.39, 0.29) is 47.6 Å². The molecular weight excluding hydrogens is 395 g/mol. The van der Waals surface area contributed by atoms with Gasteiger partial charge < -0.3 is 29.6 Å². The minimum Gasteiger partial charge on any atom is -0.494 e. The fourth-order valence-corrected chi connectivity index (χ4v) is 2.83. The van der Waals surface area contributed by atoms with Crippen LogP contribution in [0.3, 0.4) is 0 Å². The maximum Gasteiger partial charge on any atom is 0.255 e. The summed E-state index contributed by atoms with van der Waals surface area (Å²) in [6.45, 7) is 2.03. The van der Waals surface area contributed by atoms with Crippen LogP contribution in [-0.4, -0.2) is 51.2 Å². The Labute approximate surface area is 174 Å². The van der Waals surface area contributed by atoms with Crippen LogP contribution < -0.4 is 24.7 Å². The summed E-state index contributed by atoms with van der Waals surface area (Å²) in [6.07, 6.45) is 0. The van der Waals surface area contributed by atoms with Gasteiger partial charge in [0.15, 0.2) is 29.7 Å². The second kappa shape index (κ2) is 10.3. The highest BCUT2D eigenvalue weighted by Crippen LogP contribution is 2.39. The van der Waals surface area contributed by atoms with Crippen molar-refractivity contribution in [3.05, 3.63) is 47.3 Å². The third-order valence-corrected chi connectivity index (χ3v) is 4.32. The van der Waals surface area contributed by atoms with Crippen LogP contribution in [0.1, 0.15) is 22.8 Å². The Morgan fingerprint density at radius 1 is 1.00 bits per heavy atom. The Kier molecular flexibility index (Phi) is 7.85. The Balaban J connectivity index is 2.32. The molecule has 0 aromatic heterocycles. The molecule has 0 atom stereocenters. The Hall–Kier alpha value is -3.49. The molecule has 2 aromatic carbocycles. The van der Waals surface area contributed by atoms with E-state index >= 15 is 0 Å². The van der Waals surface area contributed by atoms with E-state index in [1.165, 1.54) is 45.6 Å². The molecule has 0 heterocycles. The maximum atomic E-state index is 14.0. The standard InChI is InChI=1S/C21H25FN2O6/c1-5-24(11-13-6-7-16(27-2)15(22)8-13)21(26)14-9-17(28-3)20(18(10-14)29-4)30-12-19(23)25/h6-10H,5,11-12H2,1-4H3,(H2,23,25). The summed E-state index contributed by atoms with van der Waals surface area (Å²) < 4.78 is 34.9. The number of benzene rings is 2. The lowest BCUT2D eigenvalue weighted by atomic mass is 10.1. The Morgan fingerprint density at radius 2 is 1.60 bits per heavy atom. The monoisotopic (exact) mass is 420 g/mol. The predicted octanol–water partition coefficient (Wildman–Crippen LogP) is 2.38. The topological polar surface area (TPSA) is 100 Å². The molecule has 162 valence electrons. The van der Waals surface area contributed by atoms with Crippen molar-refractivity contribution < 1.29 is 32.9 Å². The lowest BCUT2D eigenvalue weighted by Crippen LogP contribution is -2.30. The molecule has 9 heteroatoms. The molecule has 8 nitrogen and oxygen atoms in total. The fraction of sp³-hybridized carbons (Fsp3) is 0.333. The molecule has 30 heavy (non-hydrogen) atoms. The number of nitrogens with zero attached hydrogens (tertiary/aromatic N) is 1. The van der Waals surface area contributed by atoms with Gasteiger partial charge >= 0.3 is 0 Å². The number of methoxy groups -OCH3 is 3. The van der Waals surface area contributed by atoms with Gasteiger partial charge in [-0.05, 0) is 36.8 Å². The van der Waals surface area contributed by atoms with Crippen LogP contribution >= 0.6 is 0 Å². The van der Waals surface area contributed by atoms with E-state index in [2.05, 4.69) is 0 Å². The van der Waals surface area contributed by atoms with Crippen LogP contribution in [0.25, 0.3) is 0 Å². The zero-order chi connectivity index (χ0) is 22.3. The lowest BCUT2D eigenvalue weighted by Gasteiger charge is -2.22. The maximum absolute atomic E-state index is 14.0. The van der Waals surface area contributed by atoms with Crippen LogP contribution in [0.15, 0.2) is 30.3 Å². The number of halogens is 1. The van der Waals surface area contributed by atoms with E-state index in [1.54, 1.807) is 11.0 Å². The first-order valence-corrected chi connectivity index (χ1v) is 9.13. The molecule has 0 aliphatic rings. The van der Waals surface area contributed by atoms with Crippen molar-refractivity contribution in [1.29, 1.82) is 0 Å². The van der Waals surface area contributed by atoms with Crippen molar-refractivity contribution in [3.63, 3.8) is 0 Å². The molecule has 0 unspecified atom stereocenters. The first-order chi connectivity index (χ1) is 14.3. The van der Waals surface area contributed by atoms with E-state index in [0.29, 0.717) is 12.1 Å². The Morgan fingerprint density at radius 3 is 2.07 bits per heavy atom. The van der Waals surface area contributed by atoms with Gasteiger partial charge in [0.1, 0.15) is 0 Å². The summed E-state index contributed by atoms with van der Waals surface area (Å²) >= 11 is 0. The molecular formula is C21H25FN2O6. The van der Waals surface area contributed by atoms with E-state index < -0.39 is 11.7 Å². The highest BCUT2D eigenvalue weighted by Gasteiger charge is 2.22. The average molecular weight is 420 g/mol. The lowest BCUT2D eigenvalue weighted by molar-refractivity contribution is -0.120. The molecule has 0 fully saturated rings. The number of primary amides is 1. The number of carbonyl (C=O) groups is 2. The van der Waals surface area contributed by atoms with Crippen molar-refractivity contribution >= 4 is 11.8 Å². The molecule has 0 saturated heterocycles. The zero-order valence-corrected chi connectivity index (χ0v) is 17.4. The van der Waals surface area contributed by atoms with Crippen molar-refractivity contribution in [1.82, 2.24) is 4.90 Å². The summed E-state index contributed by atoms with van der Waals surface area (Å²) in [7, 11) is 4.19. The number of rotatable bonds is 10. The molecule has 0 aliphatic carbocycles. The first-order valence-electron chi connectivity index (χ1n) is 9.13. The molecule has 2 amide bonds. The van der Waals surface area contributed by atoms with Crippen LogP contribution in [0.2, 0.25) is 0 Å². The van der Waals surface area contributed by atoms with E-state index in [9.17, 15) is 14.0 Å². The van der Waals surface area contributed by atoms with Gasteiger partial charge in [-0.1, -0.05) is 6.07 Å². The van der Waals surface area contributed by atoms with Gasteiger partial charge in [0.2, 0.25) is 5.75 Å². The average Bonchev–Trinajstić information content (AvgIpc) is 2.74. The number of hydrogen-bond donors (Lipinski definition) is 1. The van der Waals surface area contributed by atoms with Gasteiger partial charge in [-0.3, -0.25) is 9.59 Å². The largest absolute Gasteiger partial charge is 0.494 e. The number of nitrogens with two attached hydrogens (primary N) is 1. The van der Waals surface area contributed by atoms with Gasteiger partial charge in [0.25, 0.3) is 11.8 Å². The molecule has 0 saturated carbocycles. The predicted molar refractivity (Wildman–Crippen MR) is 108 cm³/mol. The second-order valence-corrected chi connectivity index (χ2v) is 6.25. The van der Waals surface area contributed by atoms with E-state index in [0.717, 1.165) is 0 Å². The molecule has 0 bridgehead atoms. The van der Waals surface area contributed by atoms with Gasteiger partial charge in [-0.25, -0.2) is 4.39 Å². The molecule has 2 N–H and O–H groups in total. The summed E-state index contributed by atoms with van der Waals surface area (Å²) in [4.78, 5) is 25.7. The van der Waals surface area contributed by atoms with Crippen LogP contribution in [-0.2, 0) is 11.3 Å². The normalized spacial score (nSPS) is 10.3. The molecule has 2 aromatic rings. The first kappa shape index (κ1) is 22.8. The van der Waals surface area contributed by atoms with Crippen LogP contribution in [0.5, 0.6) is 23.0 Å². The van der Waals surface area contributed by atoms with E-state index in [1.807, 2.05) is 6.92 Å². The minimum absolute atomic E-state index is 0.133. The number of carbonyl (C=O) groups excluding carboxylic acids is 2. The summed E-state index contributed by atoms with van der Waals surface area (Å²) in [5, 5.41) is 0. The number of hydrogen-bond acceptors (Lipinski definition) is 6. The fourth-order valence-electron chi connectivity index (χ4n) is 2.83. The third-order valence-electron chi connectivity index (χ3n) is 4.32. The van der Waals surface area contributed by atoms with Gasteiger partial charge in [-0.15, -0.1) is 0 Å². The van der Waals surface area contributed by atoms with Gasteiger partial charge in [0, 0.05) is 18.7 Å². The van der Waals surface area contributed by atoms with Crippen molar-refractivity contribution in [2.75, 3.05) is 34.5 Å². The smallest absolute Gasteiger partial charge is 0.255 e. The van der Waals surface area contributed by atoms with Crippen molar-refractivity contribution in [2.45, 2.75) is 13.5 Å². The highest BCUT2D eigenvalue weighted by atomic mass is 19.1. The minimum atomic E-state index is -0.664. The third kappa shape index (κ3) is 5.31. The second-order valence-electron chi connectivity index (χ2n) is 6.25. The van der Waals surface area contributed by atoms with Gasteiger partial charge in [-0.2, -0.15) is 0 Å². The van der Waals surface area contributed by atoms with Crippen LogP contribution in [0.4, 0.5) is 4.39 Å². The molecule has 2 rings (SSSR count). The number of ether oxygens (including phenoxy) is 4.